The minimum Gasteiger partial charge on any atom is -0.493 e. The van der Waals surface area contributed by atoms with Crippen LogP contribution >= 0.6 is 11.6 Å². The van der Waals surface area contributed by atoms with Crippen molar-refractivity contribution in [2.75, 3.05) is 13.7 Å². The number of rotatable bonds is 5. The normalized spacial score (nSPS) is 10.5. The maximum absolute atomic E-state index is 6.26. The first kappa shape index (κ1) is 13.7. The second kappa shape index (κ2) is 5.97. The highest BCUT2D eigenvalue weighted by Crippen LogP contribution is 2.39. The zero-order valence-electron chi connectivity index (χ0n) is 11.3. The van der Waals surface area contributed by atoms with Gasteiger partial charge in [0.1, 0.15) is 5.82 Å². The maximum Gasteiger partial charge on any atom is 0.179 e. The molecule has 4 nitrogen and oxygen atoms in total. The number of aryl methyl sites for hydroxylation is 1. The second-order valence-electron chi connectivity index (χ2n) is 3.96. The zero-order chi connectivity index (χ0) is 13.8. The van der Waals surface area contributed by atoms with Crippen molar-refractivity contribution < 1.29 is 9.47 Å². The van der Waals surface area contributed by atoms with Crippen molar-refractivity contribution in [1.29, 1.82) is 0 Å². The number of benzene rings is 1. The van der Waals surface area contributed by atoms with Gasteiger partial charge >= 0.3 is 0 Å². The van der Waals surface area contributed by atoms with Crippen LogP contribution in [0.5, 0.6) is 11.5 Å². The molecule has 0 atom stereocenters. The Morgan fingerprint density at radius 2 is 2.11 bits per heavy atom. The molecule has 1 aromatic carbocycles. The Hall–Kier alpha value is -1.68. The fraction of sp³-hybridized carbons (Fsp3) is 0.357. The highest BCUT2D eigenvalue weighted by Gasteiger charge is 2.14. The summed E-state index contributed by atoms with van der Waals surface area (Å²) >= 11 is 6.26. The Labute approximate surface area is 117 Å². The Kier molecular flexibility index (Phi) is 4.32. The Balaban J connectivity index is 2.51. The van der Waals surface area contributed by atoms with Gasteiger partial charge in [0, 0.05) is 24.5 Å². The van der Waals surface area contributed by atoms with E-state index in [4.69, 9.17) is 21.1 Å². The summed E-state index contributed by atoms with van der Waals surface area (Å²) in [5, 5.41) is 0.529. The van der Waals surface area contributed by atoms with Crippen LogP contribution in [0.4, 0.5) is 0 Å². The molecule has 0 spiro atoms. The Morgan fingerprint density at radius 3 is 2.74 bits per heavy atom. The highest BCUT2D eigenvalue weighted by molar-refractivity contribution is 6.32. The first-order valence-electron chi connectivity index (χ1n) is 6.23. The average Bonchev–Trinajstić information content (AvgIpc) is 2.89. The molecule has 0 aliphatic heterocycles. The van der Waals surface area contributed by atoms with Crippen LogP contribution in [0.2, 0.25) is 5.02 Å². The smallest absolute Gasteiger partial charge is 0.179 e. The van der Waals surface area contributed by atoms with Crippen molar-refractivity contribution in [2.24, 2.45) is 0 Å². The topological polar surface area (TPSA) is 36.3 Å². The lowest BCUT2D eigenvalue weighted by Crippen LogP contribution is -1.99. The summed E-state index contributed by atoms with van der Waals surface area (Å²) in [5.41, 5.74) is 0.914. The van der Waals surface area contributed by atoms with E-state index in [1.807, 2.05) is 29.8 Å². The lowest BCUT2D eigenvalue weighted by Gasteiger charge is -2.13. The molecular formula is C14H17ClN2O2. The molecule has 0 radical (unpaired) electrons. The van der Waals surface area contributed by atoms with Crippen LogP contribution in [0.1, 0.15) is 13.8 Å². The van der Waals surface area contributed by atoms with E-state index in [9.17, 15) is 0 Å². The van der Waals surface area contributed by atoms with Gasteiger partial charge < -0.3 is 14.0 Å². The van der Waals surface area contributed by atoms with Gasteiger partial charge in [-0.15, -0.1) is 0 Å². The van der Waals surface area contributed by atoms with Crippen molar-refractivity contribution >= 4 is 11.6 Å². The molecule has 0 aliphatic rings. The van der Waals surface area contributed by atoms with Gasteiger partial charge in [-0.1, -0.05) is 11.6 Å². The SMILES string of the molecule is CCOc1c(Cl)cc(-c2nccn2CC)cc1OC. The molecule has 1 aromatic heterocycles. The van der Waals surface area contributed by atoms with Gasteiger partial charge in [-0.25, -0.2) is 4.98 Å². The number of ether oxygens (including phenoxy) is 2. The van der Waals surface area contributed by atoms with Gasteiger partial charge in [0.05, 0.1) is 18.7 Å². The molecule has 0 saturated heterocycles. The summed E-state index contributed by atoms with van der Waals surface area (Å²) in [4.78, 5) is 4.36. The van der Waals surface area contributed by atoms with Crippen LogP contribution in [-0.2, 0) is 6.54 Å². The van der Waals surface area contributed by atoms with Crippen LogP contribution in [0, 0.1) is 0 Å². The van der Waals surface area contributed by atoms with E-state index in [0.29, 0.717) is 23.1 Å². The molecule has 0 N–H and O–H groups in total. The van der Waals surface area contributed by atoms with Gasteiger partial charge in [0.25, 0.3) is 0 Å². The van der Waals surface area contributed by atoms with Crippen molar-refractivity contribution in [1.82, 2.24) is 9.55 Å². The molecule has 2 rings (SSSR count). The minimum atomic E-state index is 0.529. The third kappa shape index (κ3) is 2.68. The highest BCUT2D eigenvalue weighted by atomic mass is 35.5. The lowest BCUT2D eigenvalue weighted by atomic mass is 10.2. The number of aromatic nitrogens is 2. The molecule has 1 heterocycles. The Bertz CT molecular complexity index is 567. The average molecular weight is 281 g/mol. The molecule has 5 heteroatoms. The third-order valence-electron chi connectivity index (χ3n) is 2.83. The summed E-state index contributed by atoms with van der Waals surface area (Å²) in [5.74, 6) is 2.06. The summed E-state index contributed by atoms with van der Waals surface area (Å²) in [6, 6.07) is 3.74. The number of imidazole rings is 1. The van der Waals surface area contributed by atoms with Gasteiger partial charge in [-0.05, 0) is 26.0 Å². The minimum absolute atomic E-state index is 0.529. The summed E-state index contributed by atoms with van der Waals surface area (Å²) < 4.78 is 12.9. The van der Waals surface area contributed by atoms with E-state index in [1.165, 1.54) is 0 Å². The van der Waals surface area contributed by atoms with Crippen molar-refractivity contribution in [3.05, 3.63) is 29.5 Å². The molecule has 102 valence electrons. The molecular weight excluding hydrogens is 264 g/mol. The standard InChI is InChI=1S/C14H17ClN2O2/c1-4-17-7-6-16-14(17)10-8-11(15)13(19-5-2)12(9-10)18-3/h6-9H,4-5H2,1-3H3. The van der Waals surface area contributed by atoms with Crippen LogP contribution in [0.15, 0.2) is 24.5 Å². The van der Waals surface area contributed by atoms with Gasteiger partial charge in [-0.3, -0.25) is 0 Å². The van der Waals surface area contributed by atoms with Crippen LogP contribution in [0.3, 0.4) is 0 Å². The largest absolute Gasteiger partial charge is 0.493 e. The number of hydrogen-bond acceptors (Lipinski definition) is 3. The fourth-order valence-electron chi connectivity index (χ4n) is 1.96. The molecule has 0 bridgehead atoms. The van der Waals surface area contributed by atoms with Gasteiger partial charge in [0.2, 0.25) is 0 Å². The third-order valence-corrected chi connectivity index (χ3v) is 3.11. The molecule has 0 saturated carbocycles. The number of hydrogen-bond donors (Lipinski definition) is 0. The number of halogens is 1. The van der Waals surface area contributed by atoms with Crippen molar-refractivity contribution in [3.63, 3.8) is 0 Å². The van der Waals surface area contributed by atoms with Gasteiger partial charge in [-0.2, -0.15) is 0 Å². The molecule has 2 aromatic rings. The van der Waals surface area contributed by atoms with Crippen molar-refractivity contribution in [2.45, 2.75) is 20.4 Å². The maximum atomic E-state index is 6.26. The molecule has 0 fully saturated rings. The summed E-state index contributed by atoms with van der Waals surface area (Å²) in [6.07, 6.45) is 3.71. The Morgan fingerprint density at radius 1 is 1.32 bits per heavy atom. The van der Waals surface area contributed by atoms with E-state index < -0.39 is 0 Å². The monoisotopic (exact) mass is 280 g/mol. The quantitative estimate of drug-likeness (QED) is 0.839. The van der Waals surface area contributed by atoms with Crippen LogP contribution in [-0.4, -0.2) is 23.3 Å². The van der Waals surface area contributed by atoms with Gasteiger partial charge in [0.15, 0.2) is 11.5 Å². The van der Waals surface area contributed by atoms with E-state index in [2.05, 4.69) is 11.9 Å². The fourth-order valence-corrected chi connectivity index (χ4v) is 2.22. The van der Waals surface area contributed by atoms with Crippen molar-refractivity contribution in [3.8, 4) is 22.9 Å². The summed E-state index contributed by atoms with van der Waals surface area (Å²) in [7, 11) is 1.60. The lowest BCUT2D eigenvalue weighted by molar-refractivity contribution is 0.311. The summed E-state index contributed by atoms with van der Waals surface area (Å²) in [6.45, 7) is 5.37. The number of nitrogens with zero attached hydrogens (tertiary/aromatic N) is 2. The molecule has 0 aliphatic carbocycles. The number of methoxy groups -OCH3 is 1. The van der Waals surface area contributed by atoms with Crippen LogP contribution < -0.4 is 9.47 Å². The first-order chi connectivity index (χ1) is 9.21. The van der Waals surface area contributed by atoms with Crippen LogP contribution in [0.25, 0.3) is 11.4 Å². The predicted molar refractivity (Wildman–Crippen MR) is 76.1 cm³/mol. The molecule has 19 heavy (non-hydrogen) atoms. The van der Waals surface area contributed by atoms with E-state index >= 15 is 0 Å². The zero-order valence-corrected chi connectivity index (χ0v) is 12.1. The molecule has 0 unspecified atom stereocenters. The first-order valence-corrected chi connectivity index (χ1v) is 6.60. The van der Waals surface area contributed by atoms with E-state index in [-0.39, 0.29) is 0 Å². The predicted octanol–water partition coefficient (Wildman–Crippen LogP) is 3.63. The molecule has 0 amide bonds. The van der Waals surface area contributed by atoms with E-state index in [0.717, 1.165) is 17.9 Å². The second-order valence-corrected chi connectivity index (χ2v) is 4.37. The van der Waals surface area contributed by atoms with E-state index in [1.54, 1.807) is 13.3 Å².